The zero-order chi connectivity index (χ0) is 20.4. The van der Waals surface area contributed by atoms with Gasteiger partial charge in [-0.1, -0.05) is 18.2 Å². The van der Waals surface area contributed by atoms with E-state index in [-0.39, 0.29) is 12.1 Å². The van der Waals surface area contributed by atoms with Crippen molar-refractivity contribution in [3.05, 3.63) is 94.3 Å². The Morgan fingerprint density at radius 2 is 1.90 bits per heavy atom. The van der Waals surface area contributed by atoms with E-state index in [0.29, 0.717) is 17.0 Å². The van der Waals surface area contributed by atoms with E-state index in [9.17, 15) is 9.59 Å². The molecule has 0 fully saturated rings. The molecule has 1 amide bonds. The molecule has 0 unspecified atom stereocenters. The third-order valence-corrected chi connectivity index (χ3v) is 4.80. The van der Waals surface area contributed by atoms with Crippen molar-refractivity contribution in [1.82, 2.24) is 19.3 Å². The van der Waals surface area contributed by atoms with Crippen LogP contribution < -0.4 is 15.6 Å². The first-order valence-corrected chi connectivity index (χ1v) is 9.15. The fourth-order valence-corrected chi connectivity index (χ4v) is 3.30. The fourth-order valence-electron chi connectivity index (χ4n) is 3.30. The maximum Gasteiger partial charge on any atom is 0.268 e. The summed E-state index contributed by atoms with van der Waals surface area (Å²) in [5.41, 5.74) is 2.52. The Kier molecular flexibility index (Phi) is 4.87. The van der Waals surface area contributed by atoms with Gasteiger partial charge >= 0.3 is 0 Å². The van der Waals surface area contributed by atoms with E-state index in [1.807, 2.05) is 40.9 Å². The molecule has 1 N–H and O–H groups in total. The highest BCUT2D eigenvalue weighted by Gasteiger charge is 2.18. The maximum absolute atomic E-state index is 13.1. The van der Waals surface area contributed by atoms with Gasteiger partial charge in [0, 0.05) is 12.4 Å². The van der Waals surface area contributed by atoms with Crippen molar-refractivity contribution in [2.24, 2.45) is 0 Å². The normalized spacial score (nSPS) is 10.8. The summed E-state index contributed by atoms with van der Waals surface area (Å²) >= 11 is 0. The van der Waals surface area contributed by atoms with Gasteiger partial charge in [0.1, 0.15) is 17.0 Å². The molecule has 0 atom stereocenters. The van der Waals surface area contributed by atoms with Gasteiger partial charge in [0.05, 0.1) is 31.2 Å². The zero-order valence-corrected chi connectivity index (χ0v) is 16.1. The quantitative estimate of drug-likeness (QED) is 0.570. The molecule has 4 rings (SSSR count). The highest BCUT2D eigenvalue weighted by molar-refractivity contribution is 5.95. The number of hydrogen-bond acceptors (Lipinski definition) is 4. The van der Waals surface area contributed by atoms with Crippen molar-refractivity contribution in [1.29, 1.82) is 0 Å². The van der Waals surface area contributed by atoms with Gasteiger partial charge in [-0.15, -0.1) is 0 Å². The van der Waals surface area contributed by atoms with E-state index >= 15 is 0 Å². The number of para-hydroxylation sites is 2. The number of ether oxygens (including phenoxy) is 1. The summed E-state index contributed by atoms with van der Waals surface area (Å²) in [6, 6.07) is 14.6. The molecular formula is C22H20N4O3. The second-order valence-electron chi connectivity index (χ2n) is 6.58. The summed E-state index contributed by atoms with van der Waals surface area (Å²) in [5.74, 6) is 0.123. The first kappa shape index (κ1) is 18.5. The number of aryl methyl sites for hydroxylation is 1. The van der Waals surface area contributed by atoms with Crippen LogP contribution in [0.2, 0.25) is 0 Å². The first-order valence-electron chi connectivity index (χ1n) is 9.15. The summed E-state index contributed by atoms with van der Waals surface area (Å²) in [5, 5.41) is 2.84. The van der Waals surface area contributed by atoms with Crippen LogP contribution in [0.5, 0.6) is 5.75 Å². The Morgan fingerprint density at radius 1 is 1.10 bits per heavy atom. The largest absolute Gasteiger partial charge is 0.495 e. The van der Waals surface area contributed by atoms with Gasteiger partial charge in [-0.25, -0.2) is 4.98 Å². The number of hydrogen-bond donors (Lipinski definition) is 1. The van der Waals surface area contributed by atoms with Crippen molar-refractivity contribution in [3.63, 3.8) is 0 Å². The molecule has 0 aliphatic rings. The van der Waals surface area contributed by atoms with Gasteiger partial charge in [0.25, 0.3) is 11.5 Å². The minimum Gasteiger partial charge on any atom is -0.495 e. The summed E-state index contributed by atoms with van der Waals surface area (Å²) < 4.78 is 8.67. The number of nitrogens with one attached hydrogen (secondary N) is 1. The molecule has 7 heteroatoms. The first-order chi connectivity index (χ1) is 14.1. The predicted molar refractivity (Wildman–Crippen MR) is 110 cm³/mol. The Bertz CT molecular complexity index is 1260. The summed E-state index contributed by atoms with van der Waals surface area (Å²) in [6.07, 6.45) is 5.24. The Morgan fingerprint density at radius 3 is 2.72 bits per heavy atom. The van der Waals surface area contributed by atoms with Crippen molar-refractivity contribution in [3.8, 4) is 11.4 Å². The average Bonchev–Trinajstić information content (AvgIpc) is 3.15. The van der Waals surface area contributed by atoms with Gasteiger partial charge in [-0.05, 0) is 42.8 Å². The number of rotatable bonds is 5. The van der Waals surface area contributed by atoms with Crippen LogP contribution >= 0.6 is 0 Å². The lowest BCUT2D eigenvalue weighted by Gasteiger charge is -2.13. The molecule has 7 nitrogen and oxygen atoms in total. The maximum atomic E-state index is 13.1. The van der Waals surface area contributed by atoms with Gasteiger partial charge in [0.2, 0.25) is 0 Å². The topological polar surface area (TPSA) is 77.6 Å². The van der Waals surface area contributed by atoms with Gasteiger partial charge in [-0.2, -0.15) is 0 Å². The van der Waals surface area contributed by atoms with E-state index in [4.69, 9.17) is 4.74 Å². The third kappa shape index (κ3) is 3.38. The smallest absolute Gasteiger partial charge is 0.268 e. The summed E-state index contributed by atoms with van der Waals surface area (Å²) in [6.45, 7) is 2.00. The SMILES string of the molecule is COc1ccccc1-n1ccc(C)c(C(=O)NCc2cnc3ccccn23)c1=O. The van der Waals surface area contributed by atoms with E-state index in [1.54, 1.807) is 44.6 Å². The van der Waals surface area contributed by atoms with Gasteiger partial charge < -0.3 is 14.5 Å². The molecule has 0 saturated carbocycles. The summed E-state index contributed by atoms with van der Waals surface area (Å²) in [7, 11) is 1.54. The Labute approximate surface area is 167 Å². The number of fused-ring (bicyclic) bond motifs is 1. The van der Waals surface area contributed by atoms with E-state index in [0.717, 1.165) is 11.3 Å². The average molecular weight is 388 g/mol. The lowest BCUT2D eigenvalue weighted by Crippen LogP contribution is -2.33. The minimum atomic E-state index is -0.428. The lowest BCUT2D eigenvalue weighted by molar-refractivity contribution is 0.0948. The van der Waals surface area contributed by atoms with Crippen LogP contribution in [-0.4, -0.2) is 27.0 Å². The minimum absolute atomic E-state index is 0.104. The second kappa shape index (κ2) is 7.63. The molecule has 0 radical (unpaired) electrons. The van der Waals surface area contributed by atoms with Gasteiger partial charge in [-0.3, -0.25) is 14.2 Å². The van der Waals surface area contributed by atoms with Gasteiger partial charge in [0.15, 0.2) is 0 Å². The second-order valence-corrected chi connectivity index (χ2v) is 6.58. The Hall–Kier alpha value is -3.87. The van der Waals surface area contributed by atoms with Crippen LogP contribution in [0.3, 0.4) is 0 Å². The molecule has 1 aromatic carbocycles. The van der Waals surface area contributed by atoms with E-state index in [1.165, 1.54) is 4.57 Å². The lowest BCUT2D eigenvalue weighted by atomic mass is 10.1. The van der Waals surface area contributed by atoms with Crippen LogP contribution in [-0.2, 0) is 6.54 Å². The number of pyridine rings is 2. The van der Waals surface area contributed by atoms with Crippen molar-refractivity contribution in [2.45, 2.75) is 13.5 Å². The number of imidazole rings is 1. The van der Waals surface area contributed by atoms with Crippen molar-refractivity contribution < 1.29 is 9.53 Å². The predicted octanol–water partition coefficient (Wildman–Crippen LogP) is 2.73. The molecule has 3 aromatic heterocycles. The monoisotopic (exact) mass is 388 g/mol. The summed E-state index contributed by atoms with van der Waals surface area (Å²) in [4.78, 5) is 30.3. The number of nitrogens with zero attached hydrogens (tertiary/aromatic N) is 3. The third-order valence-electron chi connectivity index (χ3n) is 4.80. The molecule has 4 aromatic rings. The van der Waals surface area contributed by atoms with Crippen LogP contribution in [0.1, 0.15) is 21.6 Å². The number of aromatic nitrogens is 3. The van der Waals surface area contributed by atoms with Crippen LogP contribution in [0, 0.1) is 6.92 Å². The highest BCUT2D eigenvalue weighted by Crippen LogP contribution is 2.21. The standard InChI is InChI=1S/C22H20N4O3/c1-15-10-12-26(17-7-3-4-8-18(17)29-2)22(28)20(15)21(27)24-14-16-13-23-19-9-5-6-11-25(16)19/h3-13H,14H2,1-2H3,(H,24,27). The molecular weight excluding hydrogens is 368 g/mol. The van der Waals surface area contributed by atoms with Crippen LogP contribution in [0.4, 0.5) is 0 Å². The number of methoxy groups -OCH3 is 1. The molecule has 0 spiro atoms. The molecule has 0 saturated heterocycles. The van der Waals surface area contributed by atoms with E-state index in [2.05, 4.69) is 10.3 Å². The number of carbonyl (C=O) groups excluding carboxylic acids is 1. The molecule has 0 bridgehead atoms. The number of benzene rings is 1. The molecule has 146 valence electrons. The fraction of sp³-hybridized carbons (Fsp3) is 0.136. The van der Waals surface area contributed by atoms with Crippen molar-refractivity contribution >= 4 is 11.6 Å². The number of carbonyl (C=O) groups is 1. The van der Waals surface area contributed by atoms with E-state index < -0.39 is 11.5 Å². The zero-order valence-electron chi connectivity index (χ0n) is 16.1. The molecule has 3 heterocycles. The van der Waals surface area contributed by atoms with Crippen LogP contribution in [0.25, 0.3) is 11.3 Å². The molecule has 0 aliphatic carbocycles. The highest BCUT2D eigenvalue weighted by atomic mass is 16.5. The van der Waals surface area contributed by atoms with Crippen LogP contribution in [0.15, 0.2) is 71.9 Å². The van der Waals surface area contributed by atoms with Crippen molar-refractivity contribution in [2.75, 3.05) is 7.11 Å². The Balaban J connectivity index is 1.66. The molecule has 0 aliphatic heterocycles. The molecule has 29 heavy (non-hydrogen) atoms. The number of amides is 1.